The lowest BCUT2D eigenvalue weighted by atomic mass is 9.98. The highest BCUT2D eigenvalue weighted by molar-refractivity contribution is 7.10. The molecule has 0 aliphatic carbocycles. The Morgan fingerprint density at radius 2 is 2.32 bits per heavy atom. The Balaban J connectivity index is 1.79. The van der Waals surface area contributed by atoms with Crippen LogP contribution in [0.4, 0.5) is 4.79 Å². The number of piperidine rings is 1. The number of hydrogen-bond acceptors (Lipinski definition) is 4. The number of amides is 1. The highest BCUT2D eigenvalue weighted by atomic mass is 32.1. The number of likely N-dealkylation sites (tertiary alicyclic amines) is 1. The minimum atomic E-state index is -0.421. The molecule has 0 bridgehead atoms. The lowest BCUT2D eigenvalue weighted by Gasteiger charge is -2.34. The van der Waals surface area contributed by atoms with Crippen LogP contribution in [0.15, 0.2) is 17.5 Å². The van der Waals surface area contributed by atoms with Crippen LogP contribution in [0.5, 0.6) is 0 Å². The molecule has 0 saturated carbocycles. The Hall–Kier alpha value is -1.07. The lowest BCUT2D eigenvalue weighted by Crippen LogP contribution is -2.45. The van der Waals surface area contributed by atoms with Crippen LogP contribution in [0.1, 0.15) is 51.5 Å². The van der Waals surface area contributed by atoms with Gasteiger partial charge in [0.15, 0.2) is 0 Å². The molecular weight excluding hydrogens is 296 g/mol. The SMILES string of the molecule is C[C@H](NC[C@@H]1CCCN(C(=O)OC(C)(C)C)C1)c1cccs1. The molecule has 1 aliphatic rings. The monoisotopic (exact) mass is 324 g/mol. The Labute approximate surface area is 137 Å². The number of ether oxygens (including phenoxy) is 1. The molecule has 2 heterocycles. The van der Waals surface area contributed by atoms with Crippen molar-refractivity contribution in [2.75, 3.05) is 19.6 Å². The average molecular weight is 324 g/mol. The standard InChI is InChI=1S/C17H28N2O2S/c1-13(15-8-6-10-22-15)18-11-14-7-5-9-19(12-14)16(20)21-17(2,3)4/h6,8,10,13-14,18H,5,7,9,11-12H2,1-4H3/t13-,14-/m0/s1. The zero-order chi connectivity index (χ0) is 16.2. The van der Waals surface area contributed by atoms with E-state index in [1.165, 1.54) is 11.3 Å². The van der Waals surface area contributed by atoms with Gasteiger partial charge in [0.2, 0.25) is 0 Å². The van der Waals surface area contributed by atoms with Gasteiger partial charge in [0, 0.05) is 30.6 Å². The van der Waals surface area contributed by atoms with Crippen LogP contribution in [-0.4, -0.2) is 36.2 Å². The van der Waals surface area contributed by atoms with Gasteiger partial charge >= 0.3 is 6.09 Å². The molecule has 1 aliphatic heterocycles. The first-order valence-corrected chi connectivity index (χ1v) is 8.98. The average Bonchev–Trinajstić information content (AvgIpc) is 2.97. The van der Waals surface area contributed by atoms with E-state index in [0.29, 0.717) is 12.0 Å². The van der Waals surface area contributed by atoms with E-state index < -0.39 is 5.60 Å². The van der Waals surface area contributed by atoms with Gasteiger partial charge in [-0.25, -0.2) is 4.79 Å². The quantitative estimate of drug-likeness (QED) is 0.908. The van der Waals surface area contributed by atoms with Crippen LogP contribution in [0.3, 0.4) is 0 Å². The molecule has 1 amide bonds. The zero-order valence-electron chi connectivity index (χ0n) is 14.1. The fourth-order valence-corrected chi connectivity index (χ4v) is 3.46. The Morgan fingerprint density at radius 3 is 2.95 bits per heavy atom. The number of nitrogens with zero attached hydrogens (tertiary/aromatic N) is 1. The maximum Gasteiger partial charge on any atom is 0.410 e. The van der Waals surface area contributed by atoms with Crippen molar-refractivity contribution < 1.29 is 9.53 Å². The van der Waals surface area contributed by atoms with Crippen molar-refractivity contribution in [2.24, 2.45) is 5.92 Å². The van der Waals surface area contributed by atoms with Crippen LogP contribution < -0.4 is 5.32 Å². The number of nitrogens with one attached hydrogen (secondary N) is 1. The van der Waals surface area contributed by atoms with E-state index in [9.17, 15) is 4.79 Å². The fraction of sp³-hybridized carbons (Fsp3) is 0.706. The highest BCUT2D eigenvalue weighted by Gasteiger charge is 2.27. The summed E-state index contributed by atoms with van der Waals surface area (Å²) in [5.41, 5.74) is -0.421. The predicted octanol–water partition coefficient (Wildman–Crippen LogP) is 4.05. The summed E-state index contributed by atoms with van der Waals surface area (Å²) in [5.74, 6) is 0.503. The molecule has 0 unspecified atom stereocenters. The van der Waals surface area contributed by atoms with E-state index in [1.807, 2.05) is 25.7 Å². The smallest absolute Gasteiger partial charge is 0.410 e. The summed E-state index contributed by atoms with van der Waals surface area (Å²) in [4.78, 5) is 15.4. The van der Waals surface area contributed by atoms with Gasteiger partial charge in [0.25, 0.3) is 0 Å². The van der Waals surface area contributed by atoms with Crippen LogP contribution in [0, 0.1) is 5.92 Å². The normalized spacial score (nSPS) is 20.7. The molecule has 5 heteroatoms. The van der Waals surface area contributed by atoms with Gasteiger partial charge in [0.05, 0.1) is 0 Å². The van der Waals surface area contributed by atoms with Crippen LogP contribution >= 0.6 is 11.3 Å². The van der Waals surface area contributed by atoms with E-state index in [0.717, 1.165) is 26.1 Å². The molecule has 1 aromatic heterocycles. The second-order valence-corrected chi connectivity index (χ2v) is 8.06. The molecule has 1 fully saturated rings. The lowest BCUT2D eigenvalue weighted by molar-refractivity contribution is 0.0165. The molecule has 1 aromatic rings. The van der Waals surface area contributed by atoms with E-state index in [4.69, 9.17) is 4.74 Å². The number of carbonyl (C=O) groups excluding carboxylic acids is 1. The van der Waals surface area contributed by atoms with E-state index in [1.54, 1.807) is 11.3 Å². The van der Waals surface area contributed by atoms with Crippen molar-refractivity contribution in [1.82, 2.24) is 10.2 Å². The third kappa shape index (κ3) is 5.29. The Bertz CT molecular complexity index is 468. The van der Waals surface area contributed by atoms with Crippen LogP contribution in [0.25, 0.3) is 0 Å². The summed E-state index contributed by atoms with van der Waals surface area (Å²) < 4.78 is 5.48. The second-order valence-electron chi connectivity index (χ2n) is 7.08. The molecular formula is C17H28N2O2S. The van der Waals surface area contributed by atoms with Crippen molar-refractivity contribution in [3.05, 3.63) is 22.4 Å². The predicted molar refractivity (Wildman–Crippen MR) is 91.3 cm³/mol. The Morgan fingerprint density at radius 1 is 1.55 bits per heavy atom. The molecule has 1 saturated heterocycles. The molecule has 4 nitrogen and oxygen atoms in total. The van der Waals surface area contributed by atoms with Gasteiger partial charge < -0.3 is 15.0 Å². The van der Waals surface area contributed by atoms with E-state index in [-0.39, 0.29) is 6.09 Å². The first kappa shape index (κ1) is 17.3. The van der Waals surface area contributed by atoms with Gasteiger partial charge in [-0.3, -0.25) is 0 Å². The number of thiophene rings is 1. The molecule has 2 rings (SSSR count). The second kappa shape index (κ2) is 7.47. The third-order valence-electron chi connectivity index (χ3n) is 3.85. The molecule has 0 radical (unpaired) electrons. The van der Waals surface area contributed by atoms with Crippen LogP contribution in [-0.2, 0) is 4.74 Å². The molecule has 1 N–H and O–H groups in total. The molecule has 22 heavy (non-hydrogen) atoms. The van der Waals surface area contributed by atoms with E-state index in [2.05, 4.69) is 29.8 Å². The van der Waals surface area contributed by atoms with Crippen molar-refractivity contribution in [1.29, 1.82) is 0 Å². The highest BCUT2D eigenvalue weighted by Crippen LogP contribution is 2.21. The van der Waals surface area contributed by atoms with Gasteiger partial charge in [0.1, 0.15) is 5.60 Å². The summed E-state index contributed by atoms with van der Waals surface area (Å²) >= 11 is 1.78. The third-order valence-corrected chi connectivity index (χ3v) is 4.91. The summed E-state index contributed by atoms with van der Waals surface area (Å²) in [7, 11) is 0. The molecule has 0 spiro atoms. The summed E-state index contributed by atoms with van der Waals surface area (Å²) in [6.45, 7) is 10.5. The minimum Gasteiger partial charge on any atom is -0.444 e. The van der Waals surface area contributed by atoms with Crippen molar-refractivity contribution in [3.63, 3.8) is 0 Å². The first-order valence-electron chi connectivity index (χ1n) is 8.10. The molecule has 0 aromatic carbocycles. The number of carbonyl (C=O) groups is 1. The van der Waals surface area contributed by atoms with Crippen molar-refractivity contribution in [2.45, 2.75) is 52.2 Å². The maximum atomic E-state index is 12.2. The first-order chi connectivity index (χ1) is 10.3. The zero-order valence-corrected chi connectivity index (χ0v) is 14.9. The van der Waals surface area contributed by atoms with Crippen molar-refractivity contribution in [3.8, 4) is 0 Å². The Kier molecular flexibility index (Phi) is 5.87. The van der Waals surface area contributed by atoms with Gasteiger partial charge in [-0.05, 0) is 57.9 Å². The summed E-state index contributed by atoms with van der Waals surface area (Å²) in [5, 5.41) is 5.70. The van der Waals surface area contributed by atoms with Gasteiger partial charge in [-0.2, -0.15) is 0 Å². The summed E-state index contributed by atoms with van der Waals surface area (Å²) in [6, 6.07) is 4.62. The molecule has 2 atom stereocenters. The topological polar surface area (TPSA) is 41.6 Å². The molecule has 124 valence electrons. The largest absolute Gasteiger partial charge is 0.444 e. The maximum absolute atomic E-state index is 12.2. The fourth-order valence-electron chi connectivity index (χ4n) is 2.71. The number of rotatable bonds is 4. The van der Waals surface area contributed by atoms with Crippen LogP contribution in [0.2, 0.25) is 0 Å². The van der Waals surface area contributed by atoms with Gasteiger partial charge in [-0.1, -0.05) is 6.07 Å². The van der Waals surface area contributed by atoms with Gasteiger partial charge in [-0.15, -0.1) is 11.3 Å². The van der Waals surface area contributed by atoms with E-state index >= 15 is 0 Å². The number of hydrogen-bond donors (Lipinski definition) is 1. The summed E-state index contributed by atoms with van der Waals surface area (Å²) in [6.07, 6.45) is 2.05. The minimum absolute atomic E-state index is 0.177. The van der Waals surface area contributed by atoms with Crippen molar-refractivity contribution >= 4 is 17.4 Å².